The molecule has 7 nitrogen and oxygen atoms in total. The third-order valence-corrected chi connectivity index (χ3v) is 3.67. The number of thiazole rings is 1. The molecule has 120 valence electrons. The number of hydrogen-bond donors (Lipinski definition) is 1. The molecule has 22 heavy (non-hydrogen) atoms. The molecule has 0 radical (unpaired) electrons. The smallest absolute Gasteiger partial charge is 0.313 e. The van der Waals surface area contributed by atoms with Crippen molar-refractivity contribution in [3.05, 3.63) is 10.6 Å². The van der Waals surface area contributed by atoms with Gasteiger partial charge >= 0.3 is 5.97 Å². The van der Waals surface area contributed by atoms with Crippen LogP contribution in [0.1, 0.15) is 37.3 Å². The number of Topliss-reactive ketones (excluding diaryl/α,β-unsaturated/α-hetero) is 2. The molecule has 1 aromatic heterocycles. The van der Waals surface area contributed by atoms with Gasteiger partial charge in [-0.3, -0.25) is 19.2 Å². The van der Waals surface area contributed by atoms with Gasteiger partial charge in [0.05, 0.1) is 18.7 Å². The average Bonchev–Trinajstić information content (AvgIpc) is 2.67. The number of anilines is 1. The number of hydrogen-bond acceptors (Lipinski definition) is 7. The van der Waals surface area contributed by atoms with Crippen molar-refractivity contribution in [2.75, 3.05) is 11.9 Å². The molecular formula is C14H18N2O5S. The zero-order valence-electron chi connectivity index (χ0n) is 12.7. The number of rotatable bonds is 8. The summed E-state index contributed by atoms with van der Waals surface area (Å²) in [6.07, 6.45) is 0.0420. The van der Waals surface area contributed by atoms with E-state index in [4.69, 9.17) is 4.74 Å². The predicted octanol–water partition coefficient (Wildman–Crippen LogP) is 1.43. The van der Waals surface area contributed by atoms with Crippen LogP contribution in [-0.2, 0) is 30.3 Å². The molecule has 1 amide bonds. The summed E-state index contributed by atoms with van der Waals surface area (Å²) >= 11 is 1.27. The van der Waals surface area contributed by atoms with Crippen LogP contribution in [0.4, 0.5) is 5.13 Å². The van der Waals surface area contributed by atoms with Crippen molar-refractivity contribution >= 4 is 39.9 Å². The van der Waals surface area contributed by atoms with Crippen LogP contribution in [0.2, 0.25) is 0 Å². The molecule has 0 saturated heterocycles. The summed E-state index contributed by atoms with van der Waals surface area (Å²) < 4.78 is 4.94. The van der Waals surface area contributed by atoms with Gasteiger partial charge in [0.2, 0.25) is 5.91 Å². The van der Waals surface area contributed by atoms with E-state index in [2.05, 4.69) is 10.3 Å². The highest BCUT2D eigenvalue weighted by Crippen LogP contribution is 2.23. The van der Waals surface area contributed by atoms with Crippen LogP contribution in [0.25, 0.3) is 0 Å². The van der Waals surface area contributed by atoms with E-state index in [9.17, 15) is 19.2 Å². The van der Waals surface area contributed by atoms with Crippen molar-refractivity contribution in [1.82, 2.24) is 4.98 Å². The van der Waals surface area contributed by atoms with Gasteiger partial charge < -0.3 is 10.1 Å². The number of esters is 1. The zero-order valence-corrected chi connectivity index (χ0v) is 13.5. The second-order valence-electron chi connectivity index (χ2n) is 4.80. The van der Waals surface area contributed by atoms with Gasteiger partial charge in [0, 0.05) is 11.3 Å². The Bertz CT molecular complexity index is 594. The second-order valence-corrected chi connectivity index (χ2v) is 5.89. The number of amides is 1. The van der Waals surface area contributed by atoms with Gasteiger partial charge in [-0.25, -0.2) is 4.98 Å². The van der Waals surface area contributed by atoms with Crippen molar-refractivity contribution in [2.45, 2.75) is 40.0 Å². The molecule has 1 aromatic rings. The minimum Gasteiger partial charge on any atom is -0.465 e. The first-order chi connectivity index (χ1) is 10.3. The Morgan fingerprint density at radius 3 is 2.36 bits per heavy atom. The van der Waals surface area contributed by atoms with E-state index in [1.54, 1.807) is 6.92 Å². The van der Waals surface area contributed by atoms with E-state index in [-0.39, 0.29) is 31.0 Å². The third kappa shape index (κ3) is 6.57. The maximum absolute atomic E-state index is 11.5. The number of ether oxygens (including phenoxy) is 1. The topological polar surface area (TPSA) is 102 Å². The fraction of sp³-hybridized carbons (Fsp3) is 0.500. The Morgan fingerprint density at radius 1 is 1.14 bits per heavy atom. The van der Waals surface area contributed by atoms with Crippen molar-refractivity contribution in [1.29, 1.82) is 0 Å². The Hall–Kier alpha value is -2.09. The lowest BCUT2D eigenvalue weighted by molar-refractivity contribution is -0.145. The van der Waals surface area contributed by atoms with Gasteiger partial charge in [-0.05, 0) is 20.8 Å². The summed E-state index contributed by atoms with van der Waals surface area (Å²) in [5.74, 6) is -1.41. The molecule has 1 N–H and O–H groups in total. The van der Waals surface area contributed by atoms with Gasteiger partial charge in [-0.1, -0.05) is 0 Å². The quantitative estimate of drug-likeness (QED) is 0.573. The molecule has 0 fully saturated rings. The number of ketones is 2. The van der Waals surface area contributed by atoms with Crippen molar-refractivity contribution in [3.8, 4) is 0 Å². The average molecular weight is 326 g/mol. The molecule has 8 heteroatoms. The van der Waals surface area contributed by atoms with E-state index >= 15 is 0 Å². The Morgan fingerprint density at radius 2 is 1.77 bits per heavy atom. The molecular weight excluding hydrogens is 308 g/mol. The molecule has 0 aliphatic heterocycles. The molecule has 0 saturated carbocycles. The zero-order chi connectivity index (χ0) is 16.7. The monoisotopic (exact) mass is 326 g/mol. The molecule has 0 bridgehead atoms. The fourth-order valence-electron chi connectivity index (χ4n) is 1.61. The number of aromatic nitrogens is 1. The summed E-state index contributed by atoms with van der Waals surface area (Å²) in [4.78, 5) is 49.4. The number of nitrogens with one attached hydrogen (secondary N) is 1. The lowest BCUT2D eigenvalue weighted by atomic mass is 10.3. The minimum atomic E-state index is -0.551. The van der Waals surface area contributed by atoms with Crippen LogP contribution in [0, 0.1) is 6.92 Å². The summed E-state index contributed by atoms with van der Waals surface area (Å²) in [5, 5.41) is 2.97. The van der Waals surface area contributed by atoms with E-state index in [1.807, 2.05) is 0 Å². The molecule has 1 heterocycles. The third-order valence-electron chi connectivity index (χ3n) is 2.53. The van der Waals surface area contributed by atoms with Crippen LogP contribution in [0.15, 0.2) is 0 Å². The van der Waals surface area contributed by atoms with Crippen LogP contribution in [0.5, 0.6) is 0 Å². The maximum Gasteiger partial charge on any atom is 0.313 e. The number of nitrogens with zero attached hydrogens (tertiary/aromatic N) is 1. The molecule has 0 spiro atoms. The fourth-order valence-corrected chi connectivity index (χ4v) is 2.57. The summed E-state index contributed by atoms with van der Waals surface area (Å²) in [5.41, 5.74) is 0.728. The summed E-state index contributed by atoms with van der Waals surface area (Å²) in [6, 6.07) is 0. The molecule has 0 aliphatic carbocycles. The lowest BCUT2D eigenvalue weighted by Gasteiger charge is -2.02. The van der Waals surface area contributed by atoms with E-state index in [0.717, 1.165) is 10.6 Å². The Balaban J connectivity index is 2.48. The number of carbonyl (C=O) groups is 4. The van der Waals surface area contributed by atoms with Gasteiger partial charge in [0.15, 0.2) is 5.13 Å². The first-order valence-electron chi connectivity index (χ1n) is 6.68. The molecule has 0 unspecified atom stereocenters. The molecule has 0 atom stereocenters. The second kappa shape index (κ2) is 8.38. The highest BCUT2D eigenvalue weighted by atomic mass is 32.1. The summed E-state index contributed by atoms with van der Waals surface area (Å²) in [7, 11) is 0. The standard InChI is InChI=1S/C14H18N2O5S/c1-8(17)6-12(19)16-14-15-10(3)11(22-14)4-5-21-13(20)7-9(2)18/h4-7H2,1-3H3,(H,15,16,19). The molecule has 0 aromatic carbocycles. The van der Waals surface area contributed by atoms with Crippen LogP contribution >= 0.6 is 11.3 Å². The number of aryl methyl sites for hydroxylation is 1. The highest BCUT2D eigenvalue weighted by molar-refractivity contribution is 7.15. The molecule has 0 aliphatic rings. The van der Waals surface area contributed by atoms with Gasteiger partial charge in [-0.2, -0.15) is 0 Å². The van der Waals surface area contributed by atoms with Crippen molar-refractivity contribution in [3.63, 3.8) is 0 Å². The SMILES string of the molecule is CC(=O)CC(=O)Nc1nc(C)c(CCOC(=O)CC(C)=O)s1. The Labute approximate surface area is 132 Å². The predicted molar refractivity (Wildman–Crippen MR) is 80.7 cm³/mol. The normalized spacial score (nSPS) is 10.1. The van der Waals surface area contributed by atoms with Crippen LogP contribution in [-0.4, -0.2) is 35.0 Å². The number of carbonyl (C=O) groups excluding carboxylic acids is 4. The van der Waals surface area contributed by atoms with E-state index in [1.165, 1.54) is 25.2 Å². The van der Waals surface area contributed by atoms with Gasteiger partial charge in [0.1, 0.15) is 18.0 Å². The Kier molecular flexibility index (Phi) is 6.84. The largest absolute Gasteiger partial charge is 0.465 e. The highest BCUT2D eigenvalue weighted by Gasteiger charge is 2.12. The first-order valence-corrected chi connectivity index (χ1v) is 7.50. The van der Waals surface area contributed by atoms with E-state index in [0.29, 0.717) is 11.6 Å². The van der Waals surface area contributed by atoms with Gasteiger partial charge in [0.25, 0.3) is 0 Å². The minimum absolute atomic E-state index is 0.149. The van der Waals surface area contributed by atoms with Crippen LogP contribution < -0.4 is 5.32 Å². The maximum atomic E-state index is 11.5. The van der Waals surface area contributed by atoms with Crippen molar-refractivity contribution < 1.29 is 23.9 Å². The van der Waals surface area contributed by atoms with Gasteiger partial charge in [-0.15, -0.1) is 11.3 Å². The summed E-state index contributed by atoms with van der Waals surface area (Å²) in [6.45, 7) is 4.60. The van der Waals surface area contributed by atoms with Crippen molar-refractivity contribution in [2.24, 2.45) is 0 Å². The van der Waals surface area contributed by atoms with Crippen LogP contribution in [0.3, 0.4) is 0 Å². The van der Waals surface area contributed by atoms with E-state index < -0.39 is 11.9 Å². The lowest BCUT2D eigenvalue weighted by Crippen LogP contribution is -2.14. The molecule has 1 rings (SSSR count). The first kappa shape index (κ1) is 18.0.